The van der Waals surface area contributed by atoms with Gasteiger partial charge in [-0.05, 0) is 0 Å². The molecular formula is CH2ClMgN. The summed E-state index contributed by atoms with van der Waals surface area (Å²) in [5.41, 5.74) is 1.22. The van der Waals surface area contributed by atoms with Gasteiger partial charge in [0.2, 0.25) is 0 Å². The number of halogens is 1. The molecule has 0 aliphatic carbocycles. The molecule has 0 bridgehead atoms. The highest BCUT2D eigenvalue weighted by Gasteiger charge is 1.23. The van der Waals surface area contributed by atoms with Crippen LogP contribution in [0.4, 0.5) is 0 Å². The van der Waals surface area contributed by atoms with Crippen molar-refractivity contribution in [2.45, 2.75) is 0 Å². The van der Waals surface area contributed by atoms with E-state index in [4.69, 9.17) is 5.26 Å². The van der Waals surface area contributed by atoms with Crippen LogP contribution in [0.3, 0.4) is 0 Å². The molecule has 0 heterocycles. The third-order valence-corrected chi connectivity index (χ3v) is 0. The number of nitriles is 1. The van der Waals surface area contributed by atoms with Gasteiger partial charge in [0, 0.05) is 11.6 Å². The topological polar surface area (TPSA) is 23.8 Å². The fourth-order valence-electron chi connectivity index (χ4n) is 0. The highest BCUT2D eigenvalue weighted by molar-refractivity contribution is 6.28. The molecule has 0 aromatic carbocycles. The molecule has 1 nitrogen and oxygen atoms in total. The van der Waals surface area contributed by atoms with Gasteiger partial charge in [-0.2, -0.15) is 5.26 Å². The lowest BCUT2D eigenvalue weighted by Gasteiger charge is -1.10. The number of nitrogens with zero attached hydrogens (tertiary/aromatic N) is 1. The van der Waals surface area contributed by atoms with Gasteiger partial charge in [0.25, 0.3) is 0 Å². The Morgan fingerprint density at radius 2 is 1.75 bits per heavy atom. The molecule has 0 saturated heterocycles. The molecule has 20 valence electrons. The van der Waals surface area contributed by atoms with Gasteiger partial charge in [-0.3, -0.25) is 0 Å². The van der Waals surface area contributed by atoms with E-state index in [2.05, 4.69) is 11.6 Å². The van der Waals surface area contributed by atoms with E-state index in [-0.39, 0.29) is 23.1 Å². The minimum absolute atomic E-state index is 0. The molecule has 0 atom stereocenters. The monoisotopic (exact) mass is 87.0 g/mol. The Kier molecular flexibility index (Phi) is 21.2. The summed E-state index contributed by atoms with van der Waals surface area (Å²) in [6.07, 6.45) is 0. The van der Waals surface area contributed by atoms with Gasteiger partial charge < -0.3 is 0 Å². The van der Waals surface area contributed by atoms with Crippen LogP contribution in [-0.4, -0.2) is 23.1 Å². The lowest BCUT2D eigenvalue weighted by molar-refractivity contribution is 1.57. The lowest BCUT2D eigenvalue weighted by atomic mass is 11.8. The Bertz CT molecular complexity index is 29.5. The van der Waals surface area contributed by atoms with Crippen LogP contribution in [0.2, 0.25) is 0 Å². The van der Waals surface area contributed by atoms with Gasteiger partial charge in [-0.1, -0.05) is 0 Å². The Morgan fingerprint density at radius 3 is 1.75 bits per heavy atom. The minimum Gasteiger partial charge on any atom is -0.179 e. The average Bonchev–Trinajstić information content (AvgIpc) is 0.918. The molecule has 0 fully saturated rings. The van der Waals surface area contributed by atoms with Crippen LogP contribution in [-0.2, 0) is 0 Å². The zero-order chi connectivity index (χ0) is 2.71. The largest absolute Gasteiger partial charge is 0.316 e. The van der Waals surface area contributed by atoms with Crippen molar-refractivity contribution in [2.24, 2.45) is 0 Å². The molecule has 0 spiro atoms. The van der Waals surface area contributed by atoms with E-state index in [1.54, 1.807) is 0 Å². The molecule has 0 unspecified atom stereocenters. The summed E-state index contributed by atoms with van der Waals surface area (Å²) >= 11 is 4.30. The Balaban J connectivity index is 0. The lowest BCUT2D eigenvalue weighted by Crippen LogP contribution is -0.952. The summed E-state index contributed by atoms with van der Waals surface area (Å²) in [5, 5.41) is 7.08. The van der Waals surface area contributed by atoms with E-state index in [1.807, 2.05) is 0 Å². The second-order valence-corrected chi connectivity index (χ2v) is 0.254. The molecule has 0 N–H and O–H groups in total. The van der Waals surface area contributed by atoms with Crippen molar-refractivity contribution in [2.75, 3.05) is 0 Å². The van der Waals surface area contributed by atoms with E-state index >= 15 is 0 Å². The van der Waals surface area contributed by atoms with Crippen LogP contribution in [0.25, 0.3) is 0 Å². The van der Waals surface area contributed by atoms with Gasteiger partial charge >= 0.3 is 23.1 Å². The molecule has 0 aromatic rings. The SMILES string of the molecule is N#CCl.[MgH2]. The van der Waals surface area contributed by atoms with Crippen molar-refractivity contribution >= 4 is 34.7 Å². The predicted octanol–water partition coefficient (Wildman–Crippen LogP) is -0.210. The van der Waals surface area contributed by atoms with Crippen LogP contribution < -0.4 is 0 Å². The summed E-state index contributed by atoms with van der Waals surface area (Å²) in [6.45, 7) is 0. The molecule has 0 saturated carbocycles. The first-order chi connectivity index (χ1) is 1.41. The van der Waals surface area contributed by atoms with Crippen molar-refractivity contribution in [1.82, 2.24) is 0 Å². The molecule has 4 heavy (non-hydrogen) atoms. The standard InChI is InChI=1S/CClN.Mg.2H/c2-1-3;;;. The smallest absolute Gasteiger partial charge is 0.179 e. The van der Waals surface area contributed by atoms with Gasteiger partial charge in [-0.15, -0.1) is 0 Å². The van der Waals surface area contributed by atoms with Crippen LogP contribution in [0, 0.1) is 10.8 Å². The van der Waals surface area contributed by atoms with Gasteiger partial charge in [0.05, 0.1) is 0 Å². The van der Waals surface area contributed by atoms with Crippen molar-refractivity contribution in [3.63, 3.8) is 0 Å². The normalized spacial score (nSPS) is 2.00. The maximum Gasteiger partial charge on any atom is 0.316 e. The van der Waals surface area contributed by atoms with E-state index in [1.165, 1.54) is 5.53 Å². The van der Waals surface area contributed by atoms with Gasteiger partial charge in [-0.25, -0.2) is 0 Å². The summed E-state index contributed by atoms with van der Waals surface area (Å²) in [7, 11) is 0. The molecular weight excluding hydrogens is 85.8 g/mol. The Hall–Kier alpha value is 0.546. The summed E-state index contributed by atoms with van der Waals surface area (Å²) < 4.78 is 0. The van der Waals surface area contributed by atoms with Crippen LogP contribution in [0.5, 0.6) is 0 Å². The van der Waals surface area contributed by atoms with Crippen molar-refractivity contribution in [3.8, 4) is 5.53 Å². The molecule has 3 heteroatoms. The average molecular weight is 87.8 g/mol. The summed E-state index contributed by atoms with van der Waals surface area (Å²) in [4.78, 5) is 0. The molecule has 0 rings (SSSR count). The molecule has 0 aromatic heterocycles. The first-order valence-electron chi connectivity index (χ1n) is 0.413. The number of rotatable bonds is 0. The third-order valence-electron chi connectivity index (χ3n) is 0. The fraction of sp³-hybridized carbons (Fsp3) is 0. The maximum atomic E-state index is 7.08. The second kappa shape index (κ2) is 9.62. The number of hydrogen-bond donors (Lipinski definition) is 0. The molecule has 0 aliphatic rings. The Morgan fingerprint density at radius 1 is 1.75 bits per heavy atom. The quantitative estimate of drug-likeness (QED) is 0.375. The molecule has 0 aliphatic heterocycles. The maximum absolute atomic E-state index is 7.08. The first-order valence-corrected chi connectivity index (χ1v) is 0.791. The summed E-state index contributed by atoms with van der Waals surface area (Å²) in [5.74, 6) is 0. The van der Waals surface area contributed by atoms with E-state index in [9.17, 15) is 0 Å². The van der Waals surface area contributed by atoms with Crippen LogP contribution >= 0.6 is 11.6 Å². The van der Waals surface area contributed by atoms with E-state index in [0.29, 0.717) is 0 Å². The van der Waals surface area contributed by atoms with Gasteiger partial charge in [0.1, 0.15) is 0 Å². The predicted molar refractivity (Wildman–Crippen MR) is 20.0 cm³/mol. The van der Waals surface area contributed by atoms with Crippen LogP contribution in [0.15, 0.2) is 0 Å². The highest BCUT2D eigenvalue weighted by Crippen LogP contribution is 1.49. The Labute approximate surface area is 45.7 Å². The van der Waals surface area contributed by atoms with Gasteiger partial charge in [0.15, 0.2) is 5.53 Å². The van der Waals surface area contributed by atoms with Crippen molar-refractivity contribution in [3.05, 3.63) is 0 Å². The summed E-state index contributed by atoms with van der Waals surface area (Å²) in [6, 6.07) is 0. The zero-order valence-electron chi connectivity index (χ0n) is 1.33. The van der Waals surface area contributed by atoms with Crippen molar-refractivity contribution < 1.29 is 0 Å². The minimum atomic E-state index is 0. The molecule has 0 radical (unpaired) electrons. The highest BCUT2D eigenvalue weighted by atomic mass is 35.5. The fourth-order valence-corrected chi connectivity index (χ4v) is 0. The second-order valence-electron chi connectivity index (χ2n) is 0.0845. The van der Waals surface area contributed by atoms with E-state index < -0.39 is 0 Å². The zero-order valence-corrected chi connectivity index (χ0v) is 2.08. The molecule has 0 amide bonds. The van der Waals surface area contributed by atoms with Crippen LogP contribution in [0.1, 0.15) is 0 Å². The number of hydrogen-bond acceptors (Lipinski definition) is 1. The third kappa shape index (κ3) is 20.4. The van der Waals surface area contributed by atoms with E-state index in [0.717, 1.165) is 0 Å². The van der Waals surface area contributed by atoms with Crippen molar-refractivity contribution in [1.29, 1.82) is 5.26 Å². The first kappa shape index (κ1) is 8.82.